The zero-order valence-corrected chi connectivity index (χ0v) is 19.1. The summed E-state index contributed by atoms with van der Waals surface area (Å²) < 4.78 is 2.29. The third kappa shape index (κ3) is 4.28. The fraction of sp³-hybridized carbons (Fsp3) is 0.318. The Balaban J connectivity index is 1.41. The standard InChI is InChI=1S/C22H23N5O3S2/c1-2-22(11-9-17(28)24-20(22)30)14-5-7-15(8-6-14)23-18(29)10-12-27-19(25-26-21(27)31)16-4-3-13-32-16/h3-8,13H,2,9-12H2,1H3,(H,23,29)(H,26,31)(H,24,28,30). The van der Waals surface area contributed by atoms with Crippen LogP contribution in [-0.4, -0.2) is 32.5 Å². The van der Waals surface area contributed by atoms with Gasteiger partial charge in [0, 0.05) is 25.1 Å². The molecule has 1 atom stereocenters. The average Bonchev–Trinajstić information content (AvgIpc) is 3.43. The van der Waals surface area contributed by atoms with Gasteiger partial charge in [0.25, 0.3) is 0 Å². The van der Waals surface area contributed by atoms with Crippen LogP contribution in [0.25, 0.3) is 10.7 Å². The van der Waals surface area contributed by atoms with E-state index in [4.69, 9.17) is 12.2 Å². The summed E-state index contributed by atoms with van der Waals surface area (Å²) in [6.07, 6.45) is 1.63. The molecule has 0 spiro atoms. The zero-order chi connectivity index (χ0) is 22.7. The predicted molar refractivity (Wildman–Crippen MR) is 125 cm³/mol. The number of rotatable bonds is 7. The molecular weight excluding hydrogens is 446 g/mol. The van der Waals surface area contributed by atoms with Crippen LogP contribution in [0.3, 0.4) is 0 Å². The third-order valence-corrected chi connectivity index (χ3v) is 7.03. The number of nitrogens with zero attached hydrogens (tertiary/aromatic N) is 2. The normalized spacial score (nSPS) is 18.4. The summed E-state index contributed by atoms with van der Waals surface area (Å²) in [5, 5.41) is 14.4. The van der Waals surface area contributed by atoms with Gasteiger partial charge in [-0.2, -0.15) is 5.10 Å². The number of piperidine rings is 1. The van der Waals surface area contributed by atoms with Crippen LogP contribution in [0.2, 0.25) is 0 Å². The van der Waals surface area contributed by atoms with Crippen LogP contribution in [0, 0.1) is 4.77 Å². The van der Waals surface area contributed by atoms with Gasteiger partial charge in [-0.15, -0.1) is 11.3 Å². The van der Waals surface area contributed by atoms with Crippen LogP contribution < -0.4 is 10.6 Å². The molecule has 3 N–H and O–H groups in total. The van der Waals surface area contributed by atoms with E-state index >= 15 is 0 Å². The molecule has 0 aliphatic carbocycles. The van der Waals surface area contributed by atoms with Crippen molar-refractivity contribution in [2.75, 3.05) is 5.32 Å². The first-order valence-electron chi connectivity index (χ1n) is 10.4. The maximum Gasteiger partial charge on any atom is 0.237 e. The Labute approximate surface area is 194 Å². The van der Waals surface area contributed by atoms with Crippen molar-refractivity contribution in [1.29, 1.82) is 0 Å². The minimum absolute atomic E-state index is 0.149. The third-order valence-electron chi connectivity index (χ3n) is 5.85. The monoisotopic (exact) mass is 469 g/mol. The molecule has 32 heavy (non-hydrogen) atoms. The van der Waals surface area contributed by atoms with Gasteiger partial charge in [-0.05, 0) is 54.2 Å². The molecule has 3 heterocycles. The van der Waals surface area contributed by atoms with Crippen LogP contribution in [0.5, 0.6) is 0 Å². The molecule has 166 valence electrons. The van der Waals surface area contributed by atoms with E-state index in [-0.39, 0.29) is 24.1 Å². The zero-order valence-electron chi connectivity index (χ0n) is 17.5. The highest BCUT2D eigenvalue weighted by Gasteiger charge is 2.42. The second kappa shape index (κ2) is 9.17. The summed E-state index contributed by atoms with van der Waals surface area (Å²) in [7, 11) is 0. The van der Waals surface area contributed by atoms with E-state index in [2.05, 4.69) is 20.8 Å². The van der Waals surface area contributed by atoms with Crippen molar-refractivity contribution in [2.45, 2.75) is 44.6 Å². The van der Waals surface area contributed by atoms with Crippen molar-refractivity contribution in [1.82, 2.24) is 20.1 Å². The largest absolute Gasteiger partial charge is 0.326 e. The van der Waals surface area contributed by atoms with Crippen LogP contribution in [0.4, 0.5) is 5.69 Å². The van der Waals surface area contributed by atoms with Crippen LogP contribution in [0.1, 0.15) is 38.2 Å². The number of amides is 3. The van der Waals surface area contributed by atoms with Gasteiger partial charge in [0.2, 0.25) is 17.7 Å². The SMILES string of the molecule is CCC1(c2ccc(NC(=O)CCn3c(-c4cccs4)n[nH]c3=S)cc2)CCC(=O)NC1=O. The number of anilines is 1. The Morgan fingerprint density at radius 1 is 1.28 bits per heavy atom. The molecule has 8 nitrogen and oxygen atoms in total. The smallest absolute Gasteiger partial charge is 0.237 e. The second-order valence-electron chi connectivity index (χ2n) is 7.67. The number of carbonyl (C=O) groups excluding carboxylic acids is 3. The predicted octanol–water partition coefficient (Wildman–Crippen LogP) is 3.78. The van der Waals surface area contributed by atoms with Gasteiger partial charge in [-0.25, -0.2) is 0 Å². The fourth-order valence-electron chi connectivity index (χ4n) is 3.99. The quantitative estimate of drug-likeness (QED) is 0.360. The lowest BCUT2D eigenvalue weighted by molar-refractivity contribution is -0.138. The van der Waals surface area contributed by atoms with E-state index in [0.717, 1.165) is 16.3 Å². The number of thiophene rings is 1. The molecule has 1 saturated heterocycles. The summed E-state index contributed by atoms with van der Waals surface area (Å²) in [4.78, 5) is 37.6. The molecule has 2 aromatic heterocycles. The maximum absolute atomic E-state index is 12.5. The minimum Gasteiger partial charge on any atom is -0.326 e. The Hall–Kier alpha value is -3.11. The number of hydrogen-bond donors (Lipinski definition) is 3. The number of aromatic nitrogens is 3. The van der Waals surface area contributed by atoms with Crippen molar-refractivity contribution in [2.24, 2.45) is 0 Å². The molecule has 1 aliphatic heterocycles. The topological polar surface area (TPSA) is 109 Å². The van der Waals surface area contributed by atoms with Gasteiger partial charge >= 0.3 is 0 Å². The Kier molecular flexibility index (Phi) is 6.33. The Morgan fingerprint density at radius 3 is 2.72 bits per heavy atom. The highest BCUT2D eigenvalue weighted by Crippen LogP contribution is 2.36. The number of nitrogens with one attached hydrogen (secondary N) is 3. The lowest BCUT2D eigenvalue weighted by atomic mass is 9.72. The molecule has 1 aromatic carbocycles. The Bertz CT molecular complexity index is 1200. The number of H-pyrrole nitrogens is 1. The molecule has 1 unspecified atom stereocenters. The van der Waals surface area contributed by atoms with E-state index in [1.54, 1.807) is 23.5 Å². The number of aromatic amines is 1. The highest BCUT2D eigenvalue weighted by molar-refractivity contribution is 7.71. The van der Waals surface area contributed by atoms with Crippen LogP contribution in [-0.2, 0) is 26.3 Å². The molecule has 0 bridgehead atoms. The van der Waals surface area contributed by atoms with Gasteiger partial charge < -0.3 is 5.32 Å². The van der Waals surface area contributed by atoms with E-state index < -0.39 is 5.41 Å². The summed E-state index contributed by atoms with van der Waals surface area (Å²) in [5.41, 5.74) is 0.770. The average molecular weight is 470 g/mol. The van der Waals surface area contributed by atoms with Crippen molar-refractivity contribution in [3.8, 4) is 10.7 Å². The first-order chi connectivity index (χ1) is 15.4. The van der Waals surface area contributed by atoms with E-state index in [1.807, 2.05) is 41.1 Å². The number of carbonyl (C=O) groups is 3. The molecule has 3 amide bonds. The lowest BCUT2D eigenvalue weighted by Crippen LogP contribution is -2.51. The van der Waals surface area contributed by atoms with Gasteiger partial charge in [-0.3, -0.25) is 29.4 Å². The number of benzene rings is 1. The molecule has 10 heteroatoms. The lowest BCUT2D eigenvalue weighted by Gasteiger charge is -2.35. The van der Waals surface area contributed by atoms with Gasteiger partial charge in [-0.1, -0.05) is 25.1 Å². The highest BCUT2D eigenvalue weighted by atomic mass is 32.1. The minimum atomic E-state index is -0.716. The van der Waals surface area contributed by atoms with E-state index in [1.165, 1.54) is 0 Å². The number of imide groups is 1. The van der Waals surface area contributed by atoms with Crippen molar-refractivity contribution in [3.63, 3.8) is 0 Å². The maximum atomic E-state index is 12.5. The van der Waals surface area contributed by atoms with Crippen molar-refractivity contribution in [3.05, 3.63) is 52.1 Å². The van der Waals surface area contributed by atoms with Gasteiger partial charge in [0.05, 0.1) is 10.3 Å². The van der Waals surface area contributed by atoms with Gasteiger partial charge in [0.15, 0.2) is 10.6 Å². The molecule has 0 saturated carbocycles. The first-order valence-corrected chi connectivity index (χ1v) is 11.7. The second-order valence-corrected chi connectivity index (χ2v) is 9.00. The van der Waals surface area contributed by atoms with E-state index in [9.17, 15) is 14.4 Å². The van der Waals surface area contributed by atoms with Crippen LogP contribution >= 0.6 is 23.6 Å². The summed E-state index contributed by atoms with van der Waals surface area (Å²) in [6, 6.07) is 11.2. The molecule has 1 aliphatic rings. The summed E-state index contributed by atoms with van der Waals surface area (Å²) in [6.45, 7) is 2.34. The summed E-state index contributed by atoms with van der Waals surface area (Å²) in [5.74, 6) is 0.0785. The molecular formula is C22H23N5O3S2. The Morgan fingerprint density at radius 2 is 2.06 bits per heavy atom. The molecule has 3 aromatic rings. The first kappa shape index (κ1) is 22.1. The summed E-state index contributed by atoms with van der Waals surface area (Å²) >= 11 is 6.87. The van der Waals surface area contributed by atoms with Crippen molar-refractivity contribution < 1.29 is 14.4 Å². The fourth-order valence-corrected chi connectivity index (χ4v) is 4.94. The van der Waals surface area contributed by atoms with Crippen molar-refractivity contribution >= 4 is 47.0 Å². The van der Waals surface area contributed by atoms with Crippen LogP contribution in [0.15, 0.2) is 41.8 Å². The van der Waals surface area contributed by atoms with Gasteiger partial charge in [0.1, 0.15) is 0 Å². The number of hydrogen-bond acceptors (Lipinski definition) is 6. The molecule has 1 fully saturated rings. The molecule has 4 rings (SSSR count). The van der Waals surface area contributed by atoms with E-state index in [0.29, 0.717) is 36.3 Å². The molecule has 0 radical (unpaired) electrons.